The van der Waals surface area contributed by atoms with Gasteiger partial charge in [-0.25, -0.2) is 0 Å². The predicted octanol–water partition coefficient (Wildman–Crippen LogP) is 3.97. The smallest absolute Gasteiger partial charge is 0.0912 e. The van der Waals surface area contributed by atoms with Crippen LogP contribution in [-0.4, -0.2) is 0 Å². The quantitative estimate of drug-likeness (QED) is 0.794. The van der Waals surface area contributed by atoms with Crippen LogP contribution in [0, 0.1) is 11.3 Å². The lowest BCUT2D eigenvalue weighted by Gasteiger charge is -2.05. The van der Waals surface area contributed by atoms with Gasteiger partial charge in [-0.1, -0.05) is 30.3 Å². The first kappa shape index (κ1) is 11.0. The Kier molecular flexibility index (Phi) is 3.57. The second-order valence-electron chi connectivity index (χ2n) is 3.58. The molecule has 0 atom stereocenters. The summed E-state index contributed by atoms with van der Waals surface area (Å²) in [7, 11) is 0. The lowest BCUT2D eigenvalue weighted by atomic mass is 10.2. The highest BCUT2D eigenvalue weighted by Crippen LogP contribution is 2.16. The predicted molar refractivity (Wildman–Crippen MR) is 70.8 cm³/mol. The van der Waals surface area contributed by atoms with Crippen molar-refractivity contribution < 1.29 is 0 Å². The van der Waals surface area contributed by atoms with Crippen LogP contribution in [0.3, 0.4) is 0 Å². The van der Waals surface area contributed by atoms with Gasteiger partial charge in [0.1, 0.15) is 0 Å². The van der Waals surface area contributed by atoms with Crippen molar-refractivity contribution in [2.75, 3.05) is 5.32 Å². The van der Waals surface area contributed by atoms with Gasteiger partial charge >= 0.3 is 0 Å². The third-order valence-corrected chi connectivity index (χ3v) is 2.32. The van der Waals surface area contributed by atoms with E-state index in [1.807, 2.05) is 60.7 Å². The fourth-order valence-corrected chi connectivity index (χ4v) is 1.50. The number of para-hydroxylation sites is 1. The molecular formula is C15H12N2. The molecule has 2 aromatic carbocycles. The van der Waals surface area contributed by atoms with E-state index in [0.717, 1.165) is 16.9 Å². The molecule has 82 valence electrons. The topological polar surface area (TPSA) is 35.8 Å². The van der Waals surface area contributed by atoms with Gasteiger partial charge in [0, 0.05) is 17.5 Å². The molecule has 1 N–H and O–H groups in total. The van der Waals surface area contributed by atoms with Crippen LogP contribution < -0.4 is 5.32 Å². The molecule has 0 spiro atoms. The fraction of sp³-hybridized carbons (Fsp3) is 0. The summed E-state index contributed by atoms with van der Waals surface area (Å²) in [5.74, 6) is 0. The highest BCUT2D eigenvalue weighted by Gasteiger charge is 1.93. The van der Waals surface area contributed by atoms with Crippen molar-refractivity contribution in [3.05, 3.63) is 66.2 Å². The summed E-state index contributed by atoms with van der Waals surface area (Å²) in [4.78, 5) is 0. The van der Waals surface area contributed by atoms with Crippen LogP contribution in [0.2, 0.25) is 0 Å². The third-order valence-electron chi connectivity index (χ3n) is 2.32. The van der Waals surface area contributed by atoms with Crippen molar-refractivity contribution in [3.8, 4) is 6.07 Å². The first-order valence-electron chi connectivity index (χ1n) is 5.37. The molecule has 0 unspecified atom stereocenters. The number of nitrogens with zero attached hydrogens (tertiary/aromatic N) is 1. The maximum atomic E-state index is 8.43. The molecule has 0 fully saturated rings. The molecule has 0 saturated carbocycles. The second-order valence-corrected chi connectivity index (χ2v) is 3.58. The number of anilines is 2. The number of nitriles is 1. The molecule has 2 rings (SSSR count). The van der Waals surface area contributed by atoms with Crippen LogP contribution in [0.15, 0.2) is 60.7 Å². The van der Waals surface area contributed by atoms with E-state index in [1.54, 1.807) is 6.08 Å². The molecule has 0 bridgehead atoms. The Hall–Kier alpha value is -2.53. The van der Waals surface area contributed by atoms with Gasteiger partial charge in [0.25, 0.3) is 0 Å². The zero-order chi connectivity index (χ0) is 11.9. The summed E-state index contributed by atoms with van der Waals surface area (Å²) in [6.07, 6.45) is 3.26. The van der Waals surface area contributed by atoms with E-state index in [9.17, 15) is 0 Å². The van der Waals surface area contributed by atoms with E-state index in [2.05, 4.69) is 5.32 Å². The van der Waals surface area contributed by atoms with Gasteiger partial charge in [0.05, 0.1) is 6.07 Å². The summed E-state index contributed by atoms with van der Waals surface area (Å²) in [5, 5.41) is 11.7. The van der Waals surface area contributed by atoms with Gasteiger partial charge in [-0.2, -0.15) is 5.26 Å². The van der Waals surface area contributed by atoms with Crippen molar-refractivity contribution in [2.24, 2.45) is 0 Å². The van der Waals surface area contributed by atoms with Gasteiger partial charge in [0.15, 0.2) is 0 Å². The van der Waals surface area contributed by atoms with Crippen LogP contribution in [0.1, 0.15) is 5.56 Å². The summed E-state index contributed by atoms with van der Waals surface area (Å²) in [6.45, 7) is 0. The number of rotatable bonds is 3. The van der Waals surface area contributed by atoms with Gasteiger partial charge < -0.3 is 5.32 Å². The maximum absolute atomic E-state index is 8.43. The Morgan fingerprint density at radius 3 is 2.18 bits per heavy atom. The Morgan fingerprint density at radius 1 is 0.882 bits per heavy atom. The number of nitrogens with one attached hydrogen (secondary N) is 1. The SMILES string of the molecule is N#C/C=C/c1ccc(Nc2ccccc2)cc1. The van der Waals surface area contributed by atoms with Crippen LogP contribution >= 0.6 is 0 Å². The number of hydrogen-bond donors (Lipinski definition) is 1. The lowest BCUT2D eigenvalue weighted by Crippen LogP contribution is -1.88. The van der Waals surface area contributed by atoms with E-state index in [4.69, 9.17) is 5.26 Å². The number of allylic oxidation sites excluding steroid dienone is 1. The van der Waals surface area contributed by atoms with E-state index >= 15 is 0 Å². The monoisotopic (exact) mass is 220 g/mol. The minimum Gasteiger partial charge on any atom is -0.356 e. The van der Waals surface area contributed by atoms with Crippen LogP contribution in [-0.2, 0) is 0 Å². The Morgan fingerprint density at radius 2 is 1.53 bits per heavy atom. The van der Waals surface area contributed by atoms with Crippen LogP contribution in [0.5, 0.6) is 0 Å². The molecular weight excluding hydrogens is 208 g/mol. The molecule has 0 aliphatic carbocycles. The molecule has 0 aromatic heterocycles. The van der Waals surface area contributed by atoms with Gasteiger partial charge in [0.2, 0.25) is 0 Å². The molecule has 0 radical (unpaired) electrons. The molecule has 0 saturated heterocycles. The summed E-state index contributed by atoms with van der Waals surface area (Å²) in [6, 6.07) is 19.9. The summed E-state index contributed by atoms with van der Waals surface area (Å²) in [5.41, 5.74) is 3.11. The largest absolute Gasteiger partial charge is 0.356 e. The first-order valence-corrected chi connectivity index (χ1v) is 5.37. The molecule has 0 aliphatic rings. The standard InChI is InChI=1S/C15H12N2/c16-12-4-5-13-8-10-15(11-9-13)17-14-6-2-1-3-7-14/h1-11,17H/b5-4+. The maximum Gasteiger partial charge on any atom is 0.0912 e. The molecule has 2 aromatic rings. The molecule has 2 nitrogen and oxygen atoms in total. The molecule has 0 heterocycles. The Bertz CT molecular complexity index is 533. The fourth-order valence-electron chi connectivity index (χ4n) is 1.50. The highest BCUT2D eigenvalue weighted by atomic mass is 14.9. The zero-order valence-electron chi connectivity index (χ0n) is 9.30. The van der Waals surface area contributed by atoms with Crippen molar-refractivity contribution in [2.45, 2.75) is 0 Å². The number of hydrogen-bond acceptors (Lipinski definition) is 2. The Labute approximate surface area is 101 Å². The van der Waals surface area contributed by atoms with E-state index in [-0.39, 0.29) is 0 Å². The van der Waals surface area contributed by atoms with Crippen molar-refractivity contribution in [1.29, 1.82) is 5.26 Å². The average molecular weight is 220 g/mol. The zero-order valence-corrected chi connectivity index (χ0v) is 9.30. The second kappa shape index (κ2) is 5.53. The molecule has 0 aliphatic heterocycles. The normalized spacial score (nSPS) is 10.1. The van der Waals surface area contributed by atoms with E-state index in [0.29, 0.717) is 0 Å². The minimum absolute atomic E-state index is 1.02. The minimum atomic E-state index is 1.02. The molecule has 0 amide bonds. The van der Waals surface area contributed by atoms with Gasteiger partial charge in [-0.15, -0.1) is 0 Å². The average Bonchev–Trinajstić information content (AvgIpc) is 2.39. The van der Waals surface area contributed by atoms with Crippen LogP contribution in [0.25, 0.3) is 6.08 Å². The lowest BCUT2D eigenvalue weighted by molar-refractivity contribution is 1.53. The summed E-state index contributed by atoms with van der Waals surface area (Å²) < 4.78 is 0. The van der Waals surface area contributed by atoms with Crippen molar-refractivity contribution in [1.82, 2.24) is 0 Å². The van der Waals surface area contributed by atoms with Crippen LogP contribution in [0.4, 0.5) is 11.4 Å². The third kappa shape index (κ3) is 3.22. The van der Waals surface area contributed by atoms with Gasteiger partial charge in [-0.05, 0) is 35.9 Å². The van der Waals surface area contributed by atoms with Crippen molar-refractivity contribution >= 4 is 17.5 Å². The highest BCUT2D eigenvalue weighted by molar-refractivity contribution is 5.62. The van der Waals surface area contributed by atoms with E-state index in [1.165, 1.54) is 6.08 Å². The summed E-state index contributed by atoms with van der Waals surface area (Å²) >= 11 is 0. The van der Waals surface area contributed by atoms with E-state index < -0.39 is 0 Å². The van der Waals surface area contributed by atoms with Crippen molar-refractivity contribution in [3.63, 3.8) is 0 Å². The number of benzene rings is 2. The van der Waals surface area contributed by atoms with Gasteiger partial charge in [-0.3, -0.25) is 0 Å². The first-order chi connectivity index (χ1) is 8.38. The molecule has 2 heteroatoms. The molecule has 17 heavy (non-hydrogen) atoms. The Balaban J connectivity index is 2.09.